The summed E-state index contributed by atoms with van der Waals surface area (Å²) in [5.41, 5.74) is 7.92. The predicted molar refractivity (Wildman–Crippen MR) is 65.5 cm³/mol. The van der Waals surface area contributed by atoms with Crippen LogP contribution in [-0.4, -0.2) is 4.57 Å². The van der Waals surface area contributed by atoms with Crippen LogP contribution in [0.3, 0.4) is 0 Å². The fourth-order valence-electron chi connectivity index (χ4n) is 1.82. The molecule has 2 nitrogen and oxygen atoms in total. The minimum absolute atomic E-state index is 0.00839. The number of hydrogen-bond donors (Lipinski definition) is 1. The van der Waals surface area contributed by atoms with Gasteiger partial charge in [-0.2, -0.15) is 0 Å². The second kappa shape index (κ2) is 3.71. The molecule has 80 valence electrons. The average Bonchev–Trinajstić information content (AvgIpc) is 2.50. The van der Waals surface area contributed by atoms with E-state index in [1.807, 2.05) is 30.8 Å². The van der Waals surface area contributed by atoms with Gasteiger partial charge in [0.2, 0.25) is 0 Å². The fraction of sp³-hybridized carbons (Fsp3) is 0.273. The Morgan fingerprint density at radius 2 is 2.00 bits per heavy atom. The first-order chi connectivity index (χ1) is 7.02. The summed E-state index contributed by atoms with van der Waals surface area (Å²) in [5.74, 6) is 0. The Labute approximate surface area is 98.6 Å². The molecule has 2 aromatic rings. The van der Waals surface area contributed by atoms with Crippen molar-refractivity contribution in [1.29, 1.82) is 0 Å². The molecule has 0 aliphatic heterocycles. The Morgan fingerprint density at radius 1 is 1.33 bits per heavy atom. The second-order valence-corrected chi connectivity index (χ2v) is 4.53. The van der Waals surface area contributed by atoms with Crippen molar-refractivity contribution < 1.29 is 0 Å². The molecule has 0 amide bonds. The van der Waals surface area contributed by atoms with Crippen LogP contribution in [-0.2, 0) is 7.05 Å². The molecule has 1 aromatic heterocycles. The van der Waals surface area contributed by atoms with E-state index in [0.717, 1.165) is 16.5 Å². The molecule has 0 fully saturated rings. The van der Waals surface area contributed by atoms with Gasteiger partial charge < -0.3 is 10.3 Å². The molecule has 1 aromatic carbocycles. The van der Waals surface area contributed by atoms with Crippen LogP contribution in [0.15, 0.2) is 18.3 Å². The number of hydrogen-bond acceptors (Lipinski definition) is 1. The highest BCUT2D eigenvalue weighted by Crippen LogP contribution is 2.34. The fourth-order valence-corrected chi connectivity index (χ4v) is 2.27. The summed E-state index contributed by atoms with van der Waals surface area (Å²) in [6.07, 6.45) is 2.00. The molecule has 0 aliphatic carbocycles. The first kappa shape index (κ1) is 10.8. The van der Waals surface area contributed by atoms with Crippen molar-refractivity contribution in [3.8, 4) is 0 Å². The van der Waals surface area contributed by atoms with E-state index in [0.29, 0.717) is 10.0 Å². The van der Waals surface area contributed by atoms with Gasteiger partial charge in [0.25, 0.3) is 0 Å². The van der Waals surface area contributed by atoms with Gasteiger partial charge >= 0.3 is 0 Å². The van der Waals surface area contributed by atoms with Crippen LogP contribution in [0, 0.1) is 0 Å². The second-order valence-electron chi connectivity index (χ2n) is 3.74. The summed E-state index contributed by atoms with van der Waals surface area (Å²) in [6.45, 7) is 1.96. The smallest absolute Gasteiger partial charge is 0.0835 e. The van der Waals surface area contributed by atoms with Crippen LogP contribution >= 0.6 is 23.2 Å². The van der Waals surface area contributed by atoms with E-state index in [9.17, 15) is 0 Å². The quantitative estimate of drug-likeness (QED) is 0.816. The third kappa shape index (κ3) is 1.63. The summed E-state index contributed by atoms with van der Waals surface area (Å²) in [7, 11) is 1.94. The lowest BCUT2D eigenvalue weighted by molar-refractivity contribution is 0.815. The Morgan fingerprint density at radius 3 is 2.60 bits per heavy atom. The summed E-state index contributed by atoms with van der Waals surface area (Å²) in [4.78, 5) is 0. The molecule has 0 saturated heterocycles. The molecule has 2 rings (SSSR count). The third-order valence-electron chi connectivity index (χ3n) is 2.56. The topological polar surface area (TPSA) is 30.9 Å². The number of fused-ring (bicyclic) bond motifs is 1. The van der Waals surface area contributed by atoms with Gasteiger partial charge in [-0.15, -0.1) is 0 Å². The van der Waals surface area contributed by atoms with E-state index in [4.69, 9.17) is 28.9 Å². The monoisotopic (exact) mass is 242 g/mol. The number of rotatable bonds is 1. The number of nitrogens with two attached hydrogens (primary N) is 1. The normalized spacial score (nSPS) is 13.4. The van der Waals surface area contributed by atoms with Crippen LogP contribution in [0.4, 0.5) is 0 Å². The number of benzene rings is 1. The van der Waals surface area contributed by atoms with Gasteiger partial charge in [0.05, 0.1) is 15.6 Å². The molecular weight excluding hydrogens is 231 g/mol. The average molecular weight is 243 g/mol. The number of nitrogens with zero attached hydrogens (tertiary/aromatic N) is 1. The molecule has 0 aliphatic rings. The van der Waals surface area contributed by atoms with E-state index in [-0.39, 0.29) is 6.04 Å². The standard InChI is InChI=1S/C11H12Cl2N2/c1-6(14)8-5-15(2)11-7(8)3-4-9(12)10(11)13/h3-6H,14H2,1-2H3. The Bertz CT molecular complexity index is 515. The number of aromatic nitrogens is 1. The molecular formula is C11H12Cl2N2. The SMILES string of the molecule is CC(N)c1cn(C)c2c(Cl)c(Cl)ccc12. The first-order valence-corrected chi connectivity index (χ1v) is 5.46. The summed E-state index contributed by atoms with van der Waals surface area (Å²) < 4.78 is 1.96. The molecule has 0 spiro atoms. The van der Waals surface area contributed by atoms with Gasteiger partial charge in [0.15, 0.2) is 0 Å². The lowest BCUT2D eigenvalue weighted by atomic mass is 10.1. The van der Waals surface area contributed by atoms with E-state index in [2.05, 4.69) is 0 Å². The largest absolute Gasteiger partial charge is 0.349 e. The molecule has 0 saturated carbocycles. The van der Waals surface area contributed by atoms with E-state index < -0.39 is 0 Å². The molecule has 0 bridgehead atoms. The summed E-state index contributed by atoms with van der Waals surface area (Å²) >= 11 is 12.1. The maximum atomic E-state index is 6.16. The lowest BCUT2D eigenvalue weighted by Gasteiger charge is -2.03. The van der Waals surface area contributed by atoms with Gasteiger partial charge in [0, 0.05) is 24.7 Å². The number of aryl methyl sites for hydroxylation is 1. The van der Waals surface area contributed by atoms with Crippen LogP contribution in [0.5, 0.6) is 0 Å². The molecule has 2 N–H and O–H groups in total. The molecule has 1 unspecified atom stereocenters. The molecule has 0 radical (unpaired) electrons. The Hall–Kier alpha value is -0.700. The number of halogens is 2. The third-order valence-corrected chi connectivity index (χ3v) is 3.35. The lowest BCUT2D eigenvalue weighted by Crippen LogP contribution is -2.03. The van der Waals surface area contributed by atoms with Crippen LogP contribution in [0.1, 0.15) is 18.5 Å². The van der Waals surface area contributed by atoms with Crippen molar-refractivity contribution in [2.24, 2.45) is 12.8 Å². The molecule has 1 heterocycles. The van der Waals surface area contributed by atoms with Crippen molar-refractivity contribution in [3.05, 3.63) is 33.9 Å². The highest BCUT2D eigenvalue weighted by atomic mass is 35.5. The van der Waals surface area contributed by atoms with E-state index >= 15 is 0 Å². The predicted octanol–water partition coefficient (Wildman–Crippen LogP) is 3.50. The highest BCUT2D eigenvalue weighted by molar-refractivity contribution is 6.45. The highest BCUT2D eigenvalue weighted by Gasteiger charge is 2.13. The minimum atomic E-state index is -0.00839. The van der Waals surface area contributed by atoms with Crippen LogP contribution < -0.4 is 5.73 Å². The molecule has 15 heavy (non-hydrogen) atoms. The maximum Gasteiger partial charge on any atom is 0.0835 e. The molecule has 4 heteroatoms. The minimum Gasteiger partial charge on any atom is -0.349 e. The van der Waals surface area contributed by atoms with Crippen LogP contribution in [0.25, 0.3) is 10.9 Å². The maximum absolute atomic E-state index is 6.16. The Kier molecular flexibility index (Phi) is 2.67. The van der Waals surface area contributed by atoms with Crippen molar-refractivity contribution >= 4 is 34.1 Å². The summed E-state index contributed by atoms with van der Waals surface area (Å²) in [6, 6.07) is 3.76. The van der Waals surface area contributed by atoms with Gasteiger partial charge in [0.1, 0.15) is 0 Å². The van der Waals surface area contributed by atoms with Crippen LogP contribution in [0.2, 0.25) is 10.0 Å². The van der Waals surface area contributed by atoms with Gasteiger partial charge in [-0.3, -0.25) is 0 Å². The van der Waals surface area contributed by atoms with Gasteiger partial charge in [-0.05, 0) is 18.6 Å². The summed E-state index contributed by atoms with van der Waals surface area (Å²) in [5, 5.41) is 2.23. The zero-order chi connectivity index (χ0) is 11.2. The van der Waals surface area contributed by atoms with Crippen molar-refractivity contribution in [3.63, 3.8) is 0 Å². The van der Waals surface area contributed by atoms with Crippen molar-refractivity contribution in [2.75, 3.05) is 0 Å². The first-order valence-electron chi connectivity index (χ1n) is 4.71. The molecule has 1 atom stereocenters. The van der Waals surface area contributed by atoms with Gasteiger partial charge in [-0.25, -0.2) is 0 Å². The van der Waals surface area contributed by atoms with Crippen molar-refractivity contribution in [2.45, 2.75) is 13.0 Å². The van der Waals surface area contributed by atoms with Gasteiger partial charge in [-0.1, -0.05) is 29.3 Å². The zero-order valence-electron chi connectivity index (χ0n) is 8.59. The zero-order valence-corrected chi connectivity index (χ0v) is 10.1. The Balaban J connectivity index is 2.86. The van der Waals surface area contributed by atoms with E-state index in [1.54, 1.807) is 6.07 Å². The van der Waals surface area contributed by atoms with Crippen molar-refractivity contribution in [1.82, 2.24) is 4.57 Å². The van der Waals surface area contributed by atoms with E-state index in [1.165, 1.54) is 0 Å².